The van der Waals surface area contributed by atoms with Crippen LogP contribution in [0.2, 0.25) is 0 Å². The predicted octanol–water partition coefficient (Wildman–Crippen LogP) is 3.09. The van der Waals surface area contributed by atoms with Gasteiger partial charge in [0.25, 0.3) is 5.91 Å². The van der Waals surface area contributed by atoms with Crippen molar-refractivity contribution in [3.63, 3.8) is 0 Å². The lowest BCUT2D eigenvalue weighted by molar-refractivity contribution is 0.0940. The monoisotopic (exact) mass is 292 g/mol. The van der Waals surface area contributed by atoms with Gasteiger partial charge in [0, 0.05) is 0 Å². The van der Waals surface area contributed by atoms with Crippen LogP contribution < -0.4 is 5.32 Å². The Morgan fingerprint density at radius 1 is 1.47 bits per heavy atom. The van der Waals surface area contributed by atoms with Crippen molar-refractivity contribution >= 4 is 28.8 Å². The molecule has 0 spiro atoms. The van der Waals surface area contributed by atoms with E-state index in [0.29, 0.717) is 4.88 Å². The van der Waals surface area contributed by atoms with Gasteiger partial charge in [-0.15, -0.1) is 22.9 Å². The number of carbonyl (C=O) groups is 1. The minimum absolute atomic E-state index is 0.0884. The normalized spacial score (nSPS) is 21.2. The van der Waals surface area contributed by atoms with Gasteiger partial charge >= 0.3 is 0 Å². The number of aryl methyl sites for hydroxylation is 1. The van der Waals surface area contributed by atoms with Crippen molar-refractivity contribution in [2.24, 2.45) is 0 Å². The number of hydrogen-bond acceptors (Lipinski definition) is 3. The van der Waals surface area contributed by atoms with Crippen molar-refractivity contribution in [2.45, 2.75) is 24.8 Å². The number of fused-ring (bicyclic) bond motifs is 1. The summed E-state index contributed by atoms with van der Waals surface area (Å²) in [6, 6.07) is 7.95. The number of benzene rings is 1. The first-order valence-electron chi connectivity index (χ1n) is 6.09. The first-order chi connectivity index (χ1) is 9.16. The zero-order valence-electron chi connectivity index (χ0n) is 10.4. The summed E-state index contributed by atoms with van der Waals surface area (Å²) in [5, 5.41) is 2.94. The highest BCUT2D eigenvalue weighted by molar-refractivity contribution is 7.11. The van der Waals surface area contributed by atoms with E-state index in [4.69, 9.17) is 11.6 Å². The van der Waals surface area contributed by atoms with Crippen molar-refractivity contribution in [3.8, 4) is 0 Å². The molecule has 3 rings (SSSR count). The summed E-state index contributed by atoms with van der Waals surface area (Å²) in [4.78, 5) is 17.0. The fourth-order valence-corrected chi connectivity index (χ4v) is 3.51. The molecule has 2 aromatic rings. The Bertz CT molecular complexity index is 625. The molecule has 0 aliphatic heterocycles. The van der Waals surface area contributed by atoms with Crippen LogP contribution in [-0.2, 0) is 6.42 Å². The largest absolute Gasteiger partial charge is 0.343 e. The minimum Gasteiger partial charge on any atom is -0.343 e. The Balaban J connectivity index is 1.84. The highest BCUT2D eigenvalue weighted by Gasteiger charge is 2.32. The lowest BCUT2D eigenvalue weighted by atomic mass is 10.1. The molecule has 0 bridgehead atoms. The van der Waals surface area contributed by atoms with Crippen molar-refractivity contribution in [2.75, 3.05) is 0 Å². The lowest BCUT2D eigenvalue weighted by Crippen LogP contribution is -2.31. The minimum atomic E-state index is -0.119. The maximum absolute atomic E-state index is 12.2. The van der Waals surface area contributed by atoms with Crippen LogP contribution in [0.25, 0.3) is 0 Å². The number of nitrogens with one attached hydrogen (secondary N) is 1. The average Bonchev–Trinajstić information content (AvgIpc) is 2.94. The molecule has 0 radical (unpaired) electrons. The maximum atomic E-state index is 12.2. The number of carbonyl (C=O) groups excluding carboxylic acids is 1. The van der Waals surface area contributed by atoms with Gasteiger partial charge in [-0.1, -0.05) is 24.3 Å². The van der Waals surface area contributed by atoms with Gasteiger partial charge in [0.2, 0.25) is 0 Å². The third-order valence-corrected chi connectivity index (χ3v) is 4.74. The molecular formula is C14H13ClN2OS. The molecule has 19 heavy (non-hydrogen) atoms. The summed E-state index contributed by atoms with van der Waals surface area (Å²) in [7, 11) is 0. The smallest absolute Gasteiger partial charge is 0.263 e. The van der Waals surface area contributed by atoms with Gasteiger partial charge in [0.15, 0.2) is 0 Å². The van der Waals surface area contributed by atoms with Crippen molar-refractivity contribution < 1.29 is 4.79 Å². The molecule has 3 nitrogen and oxygen atoms in total. The highest BCUT2D eigenvalue weighted by atomic mass is 35.5. The quantitative estimate of drug-likeness (QED) is 0.864. The van der Waals surface area contributed by atoms with Crippen molar-refractivity contribution in [1.82, 2.24) is 10.3 Å². The standard InChI is InChI=1S/C14H13ClN2OS/c1-8-13(19-7-16-8)14(18)17-12-10-5-3-2-4-9(10)6-11(12)15/h2-5,7,11-12H,6H2,1H3,(H,17,18). The van der Waals surface area contributed by atoms with Gasteiger partial charge in [-0.05, 0) is 24.5 Å². The van der Waals surface area contributed by atoms with E-state index in [1.165, 1.54) is 16.9 Å². The molecule has 0 saturated carbocycles. The predicted molar refractivity (Wildman–Crippen MR) is 76.8 cm³/mol. The van der Waals surface area contributed by atoms with Gasteiger partial charge in [0.05, 0.1) is 22.6 Å². The van der Waals surface area contributed by atoms with E-state index in [-0.39, 0.29) is 17.3 Å². The van der Waals surface area contributed by atoms with Crippen molar-refractivity contribution in [3.05, 3.63) is 51.5 Å². The van der Waals surface area contributed by atoms with Crippen LogP contribution in [0.4, 0.5) is 0 Å². The summed E-state index contributed by atoms with van der Waals surface area (Å²) in [6.45, 7) is 1.84. The van der Waals surface area contributed by atoms with Gasteiger partial charge in [-0.25, -0.2) is 4.98 Å². The van der Waals surface area contributed by atoms with Crippen molar-refractivity contribution in [1.29, 1.82) is 0 Å². The second kappa shape index (κ2) is 4.94. The summed E-state index contributed by atoms with van der Waals surface area (Å²) in [5.74, 6) is -0.0904. The molecule has 1 aliphatic rings. The summed E-state index contributed by atoms with van der Waals surface area (Å²) in [6.07, 6.45) is 0.796. The highest BCUT2D eigenvalue weighted by Crippen LogP contribution is 2.35. The zero-order chi connectivity index (χ0) is 13.4. The second-order valence-corrected chi connectivity index (χ2v) is 6.05. The number of alkyl halides is 1. The molecule has 1 aromatic carbocycles. The fourth-order valence-electron chi connectivity index (χ4n) is 2.44. The molecule has 2 atom stereocenters. The van der Waals surface area contributed by atoms with Gasteiger partial charge in [0.1, 0.15) is 4.88 Å². The third kappa shape index (κ3) is 2.26. The van der Waals surface area contributed by atoms with Crippen LogP contribution in [0.15, 0.2) is 29.8 Å². The second-order valence-electron chi connectivity index (χ2n) is 4.64. The van der Waals surface area contributed by atoms with Gasteiger partial charge in [-0.3, -0.25) is 4.79 Å². The summed E-state index contributed by atoms with van der Waals surface area (Å²) >= 11 is 7.72. The lowest BCUT2D eigenvalue weighted by Gasteiger charge is -2.17. The van der Waals surface area contributed by atoms with Crippen LogP contribution in [0, 0.1) is 6.92 Å². The molecular weight excluding hydrogens is 280 g/mol. The van der Waals surface area contributed by atoms with Crippen LogP contribution >= 0.6 is 22.9 Å². The Morgan fingerprint density at radius 2 is 2.26 bits per heavy atom. The molecule has 0 fully saturated rings. The zero-order valence-corrected chi connectivity index (χ0v) is 12.0. The Morgan fingerprint density at radius 3 is 3.00 bits per heavy atom. The Hall–Kier alpha value is -1.39. The molecule has 1 aliphatic carbocycles. The van der Waals surface area contributed by atoms with E-state index in [9.17, 15) is 4.79 Å². The van der Waals surface area contributed by atoms with Crippen LogP contribution in [0.1, 0.15) is 32.5 Å². The number of rotatable bonds is 2. The number of nitrogens with zero attached hydrogens (tertiary/aromatic N) is 1. The topological polar surface area (TPSA) is 42.0 Å². The molecule has 5 heteroatoms. The molecule has 1 heterocycles. The third-order valence-electron chi connectivity index (χ3n) is 3.41. The number of thiazole rings is 1. The molecule has 0 saturated heterocycles. The molecule has 1 aromatic heterocycles. The molecule has 98 valence electrons. The Labute approximate surface area is 120 Å². The number of hydrogen-bond donors (Lipinski definition) is 1. The van der Waals surface area contributed by atoms with Crippen LogP contribution in [0.3, 0.4) is 0 Å². The number of amides is 1. The van der Waals surface area contributed by atoms with Crippen LogP contribution in [0.5, 0.6) is 0 Å². The first kappa shape index (κ1) is 12.6. The van der Waals surface area contributed by atoms with E-state index in [1.54, 1.807) is 5.51 Å². The Kier molecular flexibility index (Phi) is 3.29. The molecule has 2 unspecified atom stereocenters. The number of aromatic nitrogens is 1. The molecule has 1 N–H and O–H groups in total. The fraction of sp³-hybridized carbons (Fsp3) is 0.286. The SMILES string of the molecule is Cc1ncsc1C(=O)NC1c2ccccc2CC1Cl. The van der Waals surface area contributed by atoms with Crippen LogP contribution in [-0.4, -0.2) is 16.3 Å². The molecule has 1 amide bonds. The van der Waals surface area contributed by atoms with E-state index in [2.05, 4.69) is 16.4 Å². The van der Waals surface area contributed by atoms with Gasteiger partial charge in [-0.2, -0.15) is 0 Å². The number of halogens is 1. The summed E-state index contributed by atoms with van der Waals surface area (Å²) < 4.78 is 0. The van der Waals surface area contributed by atoms with E-state index >= 15 is 0 Å². The van der Waals surface area contributed by atoms with E-state index in [1.807, 2.05) is 25.1 Å². The first-order valence-corrected chi connectivity index (χ1v) is 7.41. The van der Waals surface area contributed by atoms with E-state index in [0.717, 1.165) is 17.7 Å². The van der Waals surface area contributed by atoms with Gasteiger partial charge < -0.3 is 5.32 Å². The maximum Gasteiger partial charge on any atom is 0.263 e. The summed E-state index contributed by atoms with van der Waals surface area (Å²) in [5.41, 5.74) is 4.79. The average molecular weight is 293 g/mol. The van der Waals surface area contributed by atoms with E-state index < -0.39 is 0 Å².